The van der Waals surface area contributed by atoms with Gasteiger partial charge in [0.1, 0.15) is 0 Å². The van der Waals surface area contributed by atoms with E-state index in [1.807, 2.05) is 17.8 Å². The van der Waals surface area contributed by atoms with Gasteiger partial charge in [0, 0.05) is 50.0 Å². The van der Waals surface area contributed by atoms with Gasteiger partial charge in [0.05, 0.1) is 0 Å². The number of carbonyl (C=O) groups is 1. The minimum Gasteiger partial charge on any atom is -0.350 e. The van der Waals surface area contributed by atoms with Crippen molar-refractivity contribution in [1.29, 1.82) is 0 Å². The number of fused-ring (bicyclic) bond motifs is 1. The number of aromatic nitrogens is 3. The Morgan fingerprint density at radius 3 is 2.71 bits per heavy atom. The van der Waals surface area contributed by atoms with E-state index < -0.39 is 0 Å². The summed E-state index contributed by atoms with van der Waals surface area (Å²) < 4.78 is 3.97. The monoisotopic (exact) mass is 323 g/mol. The van der Waals surface area contributed by atoms with Crippen LogP contribution in [0.25, 0.3) is 10.9 Å². The molecule has 0 spiro atoms. The topological polar surface area (TPSA) is 39.8 Å². The first kappa shape index (κ1) is 16.5. The second kappa shape index (κ2) is 7.04. The lowest BCUT2D eigenvalue weighted by Gasteiger charge is -2.15. The van der Waals surface area contributed by atoms with Crippen LogP contribution in [0.15, 0.2) is 42.9 Å². The Hall–Kier alpha value is -2.36. The maximum atomic E-state index is 12.7. The SMILES string of the molecule is CCCC[C@H](CC(=O)c1nccn1C)c1cn(C)c2ccccc12. The number of ketones is 1. The number of unbranched alkanes of at least 4 members (excludes halogenated alkanes) is 1. The summed E-state index contributed by atoms with van der Waals surface area (Å²) in [6, 6.07) is 8.43. The first-order chi connectivity index (χ1) is 11.6. The van der Waals surface area contributed by atoms with Crippen molar-refractivity contribution in [3.8, 4) is 0 Å². The van der Waals surface area contributed by atoms with Crippen LogP contribution in [-0.4, -0.2) is 19.9 Å². The molecule has 24 heavy (non-hydrogen) atoms. The van der Waals surface area contributed by atoms with Crippen molar-refractivity contribution in [1.82, 2.24) is 14.1 Å². The van der Waals surface area contributed by atoms with Crippen molar-refractivity contribution in [3.63, 3.8) is 0 Å². The number of benzene rings is 1. The minimum absolute atomic E-state index is 0.122. The van der Waals surface area contributed by atoms with Gasteiger partial charge in [-0.25, -0.2) is 4.98 Å². The molecule has 3 rings (SSSR count). The number of aryl methyl sites for hydroxylation is 2. The molecule has 2 aromatic heterocycles. The molecule has 0 saturated carbocycles. The number of imidazole rings is 1. The zero-order valence-electron chi connectivity index (χ0n) is 14.7. The maximum Gasteiger partial charge on any atom is 0.198 e. The van der Waals surface area contributed by atoms with Crippen LogP contribution in [0.2, 0.25) is 0 Å². The number of carbonyl (C=O) groups excluding carboxylic acids is 1. The third-order valence-electron chi connectivity index (χ3n) is 4.78. The summed E-state index contributed by atoms with van der Waals surface area (Å²) in [6.07, 6.45) is 9.51. The highest BCUT2D eigenvalue weighted by atomic mass is 16.1. The molecule has 1 atom stereocenters. The van der Waals surface area contributed by atoms with E-state index in [9.17, 15) is 4.79 Å². The third-order valence-corrected chi connectivity index (χ3v) is 4.78. The van der Waals surface area contributed by atoms with E-state index in [0.29, 0.717) is 12.2 Å². The molecule has 2 heterocycles. The maximum absolute atomic E-state index is 12.7. The van der Waals surface area contributed by atoms with E-state index in [0.717, 1.165) is 19.3 Å². The Bertz CT molecular complexity index is 844. The first-order valence-electron chi connectivity index (χ1n) is 8.66. The molecular weight excluding hydrogens is 298 g/mol. The molecule has 0 aliphatic heterocycles. The second-order valence-corrected chi connectivity index (χ2v) is 6.54. The van der Waals surface area contributed by atoms with Gasteiger partial charge in [0.15, 0.2) is 11.6 Å². The zero-order chi connectivity index (χ0) is 17.1. The van der Waals surface area contributed by atoms with Gasteiger partial charge in [-0.05, 0) is 24.0 Å². The Morgan fingerprint density at radius 1 is 1.21 bits per heavy atom. The standard InChI is InChI=1S/C20H25N3O/c1-4-5-8-15(13-19(24)20-21-11-12-22(20)2)17-14-23(3)18-10-7-6-9-16(17)18/h6-7,9-12,14-15H,4-5,8,13H2,1-3H3/t15-/m1/s1. The number of para-hydroxylation sites is 1. The molecule has 0 N–H and O–H groups in total. The Kier molecular flexibility index (Phi) is 4.84. The minimum atomic E-state index is 0.122. The van der Waals surface area contributed by atoms with Crippen molar-refractivity contribution in [3.05, 3.63) is 54.2 Å². The molecule has 3 aromatic rings. The van der Waals surface area contributed by atoms with Crippen LogP contribution in [0.3, 0.4) is 0 Å². The Labute approximate surface area is 143 Å². The van der Waals surface area contributed by atoms with Crippen molar-refractivity contribution < 1.29 is 4.79 Å². The third kappa shape index (κ3) is 3.14. The van der Waals surface area contributed by atoms with E-state index in [4.69, 9.17) is 0 Å². The van der Waals surface area contributed by atoms with E-state index >= 15 is 0 Å². The van der Waals surface area contributed by atoms with Crippen LogP contribution in [0.5, 0.6) is 0 Å². The highest BCUT2D eigenvalue weighted by Crippen LogP contribution is 2.33. The zero-order valence-corrected chi connectivity index (χ0v) is 14.7. The summed E-state index contributed by atoms with van der Waals surface area (Å²) in [5.74, 6) is 0.911. The van der Waals surface area contributed by atoms with Gasteiger partial charge in [0.25, 0.3) is 0 Å². The van der Waals surface area contributed by atoms with Crippen LogP contribution in [0, 0.1) is 0 Å². The van der Waals surface area contributed by atoms with Gasteiger partial charge >= 0.3 is 0 Å². The molecule has 0 fully saturated rings. The molecule has 1 aromatic carbocycles. The predicted molar refractivity (Wildman–Crippen MR) is 97.3 cm³/mol. The Morgan fingerprint density at radius 2 is 2.00 bits per heavy atom. The number of Topliss-reactive ketones (excluding diaryl/α,β-unsaturated/α-hetero) is 1. The second-order valence-electron chi connectivity index (χ2n) is 6.54. The quantitative estimate of drug-likeness (QED) is 0.602. The fourth-order valence-electron chi connectivity index (χ4n) is 3.47. The lowest BCUT2D eigenvalue weighted by molar-refractivity contribution is 0.0959. The molecule has 0 unspecified atom stereocenters. The average molecular weight is 323 g/mol. The molecule has 0 bridgehead atoms. The number of nitrogens with zero attached hydrogens (tertiary/aromatic N) is 3. The summed E-state index contributed by atoms with van der Waals surface area (Å²) in [5, 5.41) is 1.26. The van der Waals surface area contributed by atoms with Gasteiger partial charge in [-0.15, -0.1) is 0 Å². The number of rotatable bonds is 7. The smallest absolute Gasteiger partial charge is 0.198 e. The lowest BCUT2D eigenvalue weighted by Crippen LogP contribution is -2.12. The lowest BCUT2D eigenvalue weighted by atomic mass is 9.88. The average Bonchev–Trinajstić information content (AvgIpc) is 3.16. The fraction of sp³-hybridized carbons (Fsp3) is 0.400. The van der Waals surface area contributed by atoms with Crippen molar-refractivity contribution in [2.75, 3.05) is 0 Å². The summed E-state index contributed by atoms with van der Waals surface area (Å²) in [6.45, 7) is 2.20. The normalized spacial score (nSPS) is 12.6. The van der Waals surface area contributed by atoms with E-state index in [-0.39, 0.29) is 11.7 Å². The van der Waals surface area contributed by atoms with Gasteiger partial charge < -0.3 is 9.13 Å². The van der Waals surface area contributed by atoms with E-state index in [1.165, 1.54) is 16.5 Å². The summed E-state index contributed by atoms with van der Waals surface area (Å²) in [5.41, 5.74) is 2.50. The molecule has 4 heteroatoms. The van der Waals surface area contributed by atoms with Crippen molar-refractivity contribution >= 4 is 16.7 Å². The fourth-order valence-corrected chi connectivity index (χ4v) is 3.47. The molecule has 0 saturated heterocycles. The summed E-state index contributed by atoms with van der Waals surface area (Å²) in [7, 11) is 3.95. The number of hydrogen-bond donors (Lipinski definition) is 0. The molecular formula is C20H25N3O. The van der Waals surface area contributed by atoms with E-state index in [1.54, 1.807) is 6.20 Å². The molecule has 0 amide bonds. The van der Waals surface area contributed by atoms with Gasteiger partial charge in [0.2, 0.25) is 0 Å². The largest absolute Gasteiger partial charge is 0.350 e. The van der Waals surface area contributed by atoms with Crippen LogP contribution < -0.4 is 0 Å². The molecule has 4 nitrogen and oxygen atoms in total. The van der Waals surface area contributed by atoms with Gasteiger partial charge in [-0.3, -0.25) is 4.79 Å². The van der Waals surface area contributed by atoms with Gasteiger partial charge in [-0.1, -0.05) is 38.0 Å². The molecule has 0 radical (unpaired) electrons. The van der Waals surface area contributed by atoms with Crippen molar-refractivity contribution in [2.45, 2.75) is 38.5 Å². The Balaban J connectivity index is 1.94. The van der Waals surface area contributed by atoms with Gasteiger partial charge in [-0.2, -0.15) is 0 Å². The first-order valence-corrected chi connectivity index (χ1v) is 8.66. The number of hydrogen-bond acceptors (Lipinski definition) is 2. The molecule has 126 valence electrons. The predicted octanol–water partition coefficient (Wildman–Crippen LogP) is 4.46. The van der Waals surface area contributed by atoms with Crippen LogP contribution >= 0.6 is 0 Å². The van der Waals surface area contributed by atoms with E-state index in [2.05, 4.69) is 54.0 Å². The summed E-state index contributed by atoms with van der Waals surface area (Å²) in [4.78, 5) is 16.9. The molecule has 0 aliphatic rings. The van der Waals surface area contributed by atoms with Crippen LogP contribution in [-0.2, 0) is 14.1 Å². The van der Waals surface area contributed by atoms with Crippen molar-refractivity contribution in [2.24, 2.45) is 14.1 Å². The van der Waals surface area contributed by atoms with Crippen LogP contribution in [0.1, 0.15) is 54.7 Å². The summed E-state index contributed by atoms with van der Waals surface area (Å²) >= 11 is 0. The molecule has 0 aliphatic carbocycles. The highest BCUT2D eigenvalue weighted by molar-refractivity contribution is 5.94. The van der Waals surface area contributed by atoms with Crippen LogP contribution in [0.4, 0.5) is 0 Å². The highest BCUT2D eigenvalue weighted by Gasteiger charge is 2.22.